The third kappa shape index (κ3) is 4.42. The summed E-state index contributed by atoms with van der Waals surface area (Å²) in [6, 6.07) is -0.436. The summed E-state index contributed by atoms with van der Waals surface area (Å²) in [5, 5.41) is 5.02. The topological polar surface area (TPSA) is 54.0 Å². The molecule has 7 heteroatoms. The van der Waals surface area contributed by atoms with E-state index in [1.165, 1.54) is 6.92 Å². The third-order valence-electron chi connectivity index (χ3n) is 2.32. The molecule has 2 N–H and O–H groups in total. The second kappa shape index (κ2) is 6.40. The Kier molecular flexibility index (Phi) is 5.14. The van der Waals surface area contributed by atoms with Crippen molar-refractivity contribution in [2.75, 3.05) is 11.9 Å². The molecule has 0 fully saturated rings. The maximum absolute atomic E-state index is 13.3. The summed E-state index contributed by atoms with van der Waals surface area (Å²) in [5.74, 6) is -4.44. The van der Waals surface area contributed by atoms with E-state index in [1.807, 2.05) is 13.8 Å². The minimum Gasteiger partial charge on any atom is -0.356 e. The van der Waals surface area contributed by atoms with Crippen molar-refractivity contribution in [1.29, 1.82) is 0 Å². The summed E-state index contributed by atoms with van der Waals surface area (Å²) >= 11 is 0. The van der Waals surface area contributed by atoms with Crippen molar-refractivity contribution >= 4 is 11.7 Å². The van der Waals surface area contributed by atoms with E-state index in [1.54, 1.807) is 0 Å². The number of carbonyl (C=O) groups is 1. The summed E-state index contributed by atoms with van der Waals surface area (Å²) in [4.78, 5) is 14.7. The zero-order chi connectivity index (χ0) is 14.6. The molecule has 0 radical (unpaired) electrons. The fraction of sp³-hybridized carbons (Fsp3) is 0.500. The molecule has 1 rings (SSSR count). The van der Waals surface area contributed by atoms with Gasteiger partial charge in [0.25, 0.3) is 5.95 Å². The van der Waals surface area contributed by atoms with Gasteiger partial charge in [0.2, 0.25) is 5.91 Å². The fourth-order valence-electron chi connectivity index (χ4n) is 1.27. The zero-order valence-electron chi connectivity index (χ0n) is 10.9. The largest absolute Gasteiger partial charge is 0.356 e. The lowest BCUT2D eigenvalue weighted by molar-refractivity contribution is -0.121. The Labute approximate surface area is 109 Å². The van der Waals surface area contributed by atoms with E-state index in [-0.39, 0.29) is 11.8 Å². The van der Waals surface area contributed by atoms with Gasteiger partial charge in [-0.2, -0.15) is 9.37 Å². The summed E-state index contributed by atoms with van der Waals surface area (Å²) in [5.41, 5.74) is 0. The summed E-state index contributed by atoms with van der Waals surface area (Å²) < 4.78 is 38.9. The standard InChI is InChI=1S/C12H16F3N3O/c1-6(2)5-16-12(19)7(3)17-11-9(14)4-8(13)10(15)18-11/h4,6-7H,5H2,1-3H3,(H,16,19)(H,17,18). The Morgan fingerprint density at radius 3 is 2.47 bits per heavy atom. The van der Waals surface area contributed by atoms with E-state index < -0.39 is 29.4 Å². The van der Waals surface area contributed by atoms with Crippen molar-refractivity contribution in [3.63, 3.8) is 0 Å². The van der Waals surface area contributed by atoms with Crippen LogP contribution in [-0.4, -0.2) is 23.5 Å². The van der Waals surface area contributed by atoms with Crippen LogP contribution in [0.15, 0.2) is 6.07 Å². The molecule has 1 aromatic rings. The van der Waals surface area contributed by atoms with Crippen LogP contribution in [-0.2, 0) is 4.79 Å². The van der Waals surface area contributed by atoms with E-state index >= 15 is 0 Å². The molecule has 0 aliphatic rings. The molecule has 0 saturated carbocycles. The molecule has 4 nitrogen and oxygen atoms in total. The number of anilines is 1. The molecule has 1 atom stereocenters. The molecule has 1 amide bonds. The molecule has 19 heavy (non-hydrogen) atoms. The lowest BCUT2D eigenvalue weighted by Crippen LogP contribution is -2.39. The van der Waals surface area contributed by atoms with E-state index in [2.05, 4.69) is 15.6 Å². The number of nitrogens with zero attached hydrogens (tertiary/aromatic N) is 1. The van der Waals surface area contributed by atoms with Gasteiger partial charge >= 0.3 is 0 Å². The molecule has 0 spiro atoms. The van der Waals surface area contributed by atoms with Crippen molar-refractivity contribution in [1.82, 2.24) is 10.3 Å². The lowest BCUT2D eigenvalue weighted by Gasteiger charge is -2.16. The highest BCUT2D eigenvalue weighted by Gasteiger charge is 2.17. The smallest absolute Gasteiger partial charge is 0.251 e. The highest BCUT2D eigenvalue weighted by atomic mass is 19.2. The van der Waals surface area contributed by atoms with Crippen LogP contribution in [0.5, 0.6) is 0 Å². The number of hydrogen-bond donors (Lipinski definition) is 2. The Balaban J connectivity index is 2.69. The Morgan fingerprint density at radius 1 is 1.26 bits per heavy atom. The molecule has 0 saturated heterocycles. The molecule has 0 aromatic carbocycles. The highest BCUT2D eigenvalue weighted by molar-refractivity contribution is 5.83. The quantitative estimate of drug-likeness (QED) is 0.809. The summed E-state index contributed by atoms with van der Waals surface area (Å²) in [6.45, 7) is 5.79. The summed E-state index contributed by atoms with van der Waals surface area (Å²) in [7, 11) is 0. The van der Waals surface area contributed by atoms with Crippen LogP contribution in [0, 0.1) is 23.5 Å². The number of pyridine rings is 1. The molecule has 106 valence electrons. The number of carbonyl (C=O) groups excluding carboxylic acids is 1. The van der Waals surface area contributed by atoms with Crippen LogP contribution in [0.1, 0.15) is 20.8 Å². The molecule has 1 unspecified atom stereocenters. The number of nitrogens with one attached hydrogen (secondary N) is 2. The predicted octanol–water partition coefficient (Wildman–Crippen LogP) is 2.07. The maximum atomic E-state index is 13.3. The van der Waals surface area contributed by atoms with Gasteiger partial charge in [-0.3, -0.25) is 4.79 Å². The fourth-order valence-corrected chi connectivity index (χ4v) is 1.27. The third-order valence-corrected chi connectivity index (χ3v) is 2.32. The molecule has 1 aromatic heterocycles. The Morgan fingerprint density at radius 2 is 1.89 bits per heavy atom. The normalized spacial score (nSPS) is 12.4. The van der Waals surface area contributed by atoms with E-state index in [0.29, 0.717) is 12.6 Å². The van der Waals surface area contributed by atoms with Crippen LogP contribution >= 0.6 is 0 Å². The van der Waals surface area contributed by atoms with Gasteiger partial charge in [-0.05, 0) is 12.8 Å². The number of aromatic nitrogens is 1. The maximum Gasteiger partial charge on any atom is 0.251 e. The van der Waals surface area contributed by atoms with Crippen LogP contribution in [0.3, 0.4) is 0 Å². The molecular formula is C12H16F3N3O. The van der Waals surface area contributed by atoms with Gasteiger partial charge in [-0.1, -0.05) is 13.8 Å². The molecular weight excluding hydrogens is 259 g/mol. The van der Waals surface area contributed by atoms with Crippen molar-refractivity contribution in [3.8, 4) is 0 Å². The second-order valence-corrected chi connectivity index (χ2v) is 4.60. The van der Waals surface area contributed by atoms with Crippen molar-refractivity contribution < 1.29 is 18.0 Å². The SMILES string of the molecule is CC(C)CNC(=O)C(C)Nc1nc(F)c(F)cc1F. The lowest BCUT2D eigenvalue weighted by atomic mass is 10.2. The average molecular weight is 275 g/mol. The molecule has 0 bridgehead atoms. The van der Waals surface area contributed by atoms with Crippen LogP contribution in [0.2, 0.25) is 0 Å². The van der Waals surface area contributed by atoms with Crippen LogP contribution in [0.4, 0.5) is 19.0 Å². The molecule has 0 aliphatic heterocycles. The number of rotatable bonds is 5. The number of hydrogen-bond acceptors (Lipinski definition) is 3. The minimum absolute atomic E-state index is 0.272. The van der Waals surface area contributed by atoms with Crippen molar-refractivity contribution in [2.24, 2.45) is 5.92 Å². The summed E-state index contributed by atoms with van der Waals surface area (Å²) in [6.07, 6.45) is 0. The second-order valence-electron chi connectivity index (χ2n) is 4.60. The Hall–Kier alpha value is -1.79. The van der Waals surface area contributed by atoms with E-state index in [0.717, 1.165) is 0 Å². The first-order chi connectivity index (χ1) is 8.81. The zero-order valence-corrected chi connectivity index (χ0v) is 10.9. The van der Waals surface area contributed by atoms with Gasteiger partial charge in [0.05, 0.1) is 0 Å². The Bertz CT molecular complexity index is 466. The van der Waals surface area contributed by atoms with Gasteiger partial charge in [0.1, 0.15) is 6.04 Å². The van der Waals surface area contributed by atoms with Gasteiger partial charge in [-0.15, -0.1) is 0 Å². The van der Waals surface area contributed by atoms with Crippen molar-refractivity contribution in [3.05, 3.63) is 23.6 Å². The predicted molar refractivity (Wildman–Crippen MR) is 65.0 cm³/mol. The van der Waals surface area contributed by atoms with E-state index in [9.17, 15) is 18.0 Å². The first kappa shape index (κ1) is 15.3. The van der Waals surface area contributed by atoms with Gasteiger partial charge < -0.3 is 10.6 Å². The monoisotopic (exact) mass is 275 g/mol. The number of amides is 1. The van der Waals surface area contributed by atoms with Gasteiger partial charge in [0, 0.05) is 12.6 Å². The van der Waals surface area contributed by atoms with E-state index in [4.69, 9.17) is 0 Å². The minimum atomic E-state index is -1.42. The average Bonchev–Trinajstić information content (AvgIpc) is 2.32. The first-order valence-corrected chi connectivity index (χ1v) is 5.87. The van der Waals surface area contributed by atoms with Gasteiger partial charge in [-0.25, -0.2) is 8.78 Å². The highest BCUT2D eigenvalue weighted by Crippen LogP contribution is 2.15. The van der Waals surface area contributed by atoms with Crippen LogP contribution in [0.25, 0.3) is 0 Å². The molecule has 0 aliphatic carbocycles. The molecule has 1 heterocycles. The van der Waals surface area contributed by atoms with Crippen LogP contribution < -0.4 is 10.6 Å². The van der Waals surface area contributed by atoms with Crippen molar-refractivity contribution in [2.45, 2.75) is 26.8 Å². The first-order valence-electron chi connectivity index (χ1n) is 5.87. The van der Waals surface area contributed by atoms with Gasteiger partial charge in [0.15, 0.2) is 17.5 Å². The number of halogens is 3.